The van der Waals surface area contributed by atoms with Gasteiger partial charge in [-0.05, 0) is 60.1 Å². The molecule has 2 nitrogen and oxygen atoms in total. The van der Waals surface area contributed by atoms with Gasteiger partial charge in [0.1, 0.15) is 0 Å². The molecule has 0 fully saturated rings. The summed E-state index contributed by atoms with van der Waals surface area (Å²) in [6.45, 7) is 4.28. The number of amides is 1. The molecule has 1 amide bonds. The van der Waals surface area contributed by atoms with Crippen molar-refractivity contribution in [3.05, 3.63) is 64.7 Å². The highest BCUT2D eigenvalue weighted by molar-refractivity contribution is 6.04. The number of fused-ring (bicyclic) bond motifs is 1. The molecule has 0 heterocycles. The van der Waals surface area contributed by atoms with Crippen LogP contribution in [0.4, 0.5) is 5.69 Å². The number of para-hydroxylation sites is 1. The zero-order chi connectivity index (χ0) is 14.8. The van der Waals surface area contributed by atoms with Crippen LogP contribution in [0.25, 0.3) is 0 Å². The van der Waals surface area contributed by atoms with E-state index in [4.69, 9.17) is 0 Å². The van der Waals surface area contributed by atoms with Gasteiger partial charge in [0.2, 0.25) is 0 Å². The second kappa shape index (κ2) is 5.72. The van der Waals surface area contributed by atoms with Gasteiger partial charge in [-0.2, -0.15) is 0 Å². The van der Waals surface area contributed by atoms with Crippen molar-refractivity contribution in [2.75, 3.05) is 5.32 Å². The van der Waals surface area contributed by atoms with Crippen LogP contribution in [0.5, 0.6) is 0 Å². The fraction of sp³-hybridized carbons (Fsp3) is 0.316. The highest BCUT2D eigenvalue weighted by Crippen LogP contribution is 2.26. The van der Waals surface area contributed by atoms with Gasteiger partial charge in [-0.3, -0.25) is 4.79 Å². The van der Waals surface area contributed by atoms with Crippen LogP contribution >= 0.6 is 0 Å². The summed E-state index contributed by atoms with van der Waals surface area (Å²) in [5.41, 5.74) is 5.58. The lowest BCUT2D eigenvalue weighted by Crippen LogP contribution is -2.14. The SMILES string of the molecule is CC(C)c1ccccc1NC(=O)c1ccc2c(c1)CCC2. The number of aryl methyl sites for hydroxylation is 2. The van der Waals surface area contributed by atoms with Crippen molar-refractivity contribution in [1.29, 1.82) is 0 Å². The predicted octanol–water partition coefficient (Wildman–Crippen LogP) is 4.55. The van der Waals surface area contributed by atoms with Gasteiger partial charge in [0.25, 0.3) is 5.91 Å². The van der Waals surface area contributed by atoms with Crippen molar-refractivity contribution in [2.45, 2.75) is 39.0 Å². The van der Waals surface area contributed by atoms with Crippen LogP contribution in [0, 0.1) is 0 Å². The first-order valence-electron chi connectivity index (χ1n) is 7.67. The molecule has 1 aliphatic rings. The van der Waals surface area contributed by atoms with E-state index in [0.717, 1.165) is 24.1 Å². The summed E-state index contributed by atoms with van der Waals surface area (Å²) in [5.74, 6) is 0.374. The molecule has 1 N–H and O–H groups in total. The Balaban J connectivity index is 1.84. The molecule has 0 aliphatic heterocycles. The van der Waals surface area contributed by atoms with Crippen LogP contribution in [-0.4, -0.2) is 5.91 Å². The zero-order valence-corrected chi connectivity index (χ0v) is 12.6. The molecular formula is C19H21NO. The molecule has 0 aromatic heterocycles. The Morgan fingerprint density at radius 2 is 1.81 bits per heavy atom. The Morgan fingerprint density at radius 3 is 2.62 bits per heavy atom. The first kappa shape index (κ1) is 13.9. The van der Waals surface area contributed by atoms with E-state index in [-0.39, 0.29) is 5.91 Å². The van der Waals surface area contributed by atoms with Crippen molar-refractivity contribution in [1.82, 2.24) is 0 Å². The number of rotatable bonds is 3. The monoisotopic (exact) mass is 279 g/mol. The topological polar surface area (TPSA) is 29.1 Å². The third kappa shape index (κ3) is 2.85. The van der Waals surface area contributed by atoms with E-state index in [1.54, 1.807) is 0 Å². The van der Waals surface area contributed by atoms with Crippen LogP contribution in [-0.2, 0) is 12.8 Å². The second-order valence-electron chi connectivity index (χ2n) is 6.03. The van der Waals surface area contributed by atoms with Crippen molar-refractivity contribution in [3.8, 4) is 0 Å². The summed E-state index contributed by atoms with van der Waals surface area (Å²) < 4.78 is 0. The predicted molar refractivity (Wildman–Crippen MR) is 87.0 cm³/mol. The van der Waals surface area contributed by atoms with Crippen LogP contribution < -0.4 is 5.32 Å². The number of carbonyl (C=O) groups excluding carboxylic acids is 1. The Bertz CT molecular complexity index is 673. The lowest BCUT2D eigenvalue weighted by Gasteiger charge is -2.14. The number of hydrogen-bond donors (Lipinski definition) is 1. The second-order valence-corrected chi connectivity index (χ2v) is 6.03. The number of hydrogen-bond acceptors (Lipinski definition) is 1. The molecule has 3 rings (SSSR count). The largest absolute Gasteiger partial charge is 0.322 e. The number of nitrogens with one attached hydrogen (secondary N) is 1. The maximum atomic E-state index is 12.5. The number of carbonyl (C=O) groups is 1. The first-order chi connectivity index (χ1) is 10.1. The molecule has 108 valence electrons. The van der Waals surface area contributed by atoms with Crippen LogP contribution in [0.2, 0.25) is 0 Å². The normalized spacial score (nSPS) is 13.3. The van der Waals surface area contributed by atoms with Crippen LogP contribution in [0.15, 0.2) is 42.5 Å². The Morgan fingerprint density at radius 1 is 1.05 bits per heavy atom. The van der Waals surface area contributed by atoms with Gasteiger partial charge in [-0.15, -0.1) is 0 Å². The molecule has 21 heavy (non-hydrogen) atoms. The van der Waals surface area contributed by atoms with Crippen molar-refractivity contribution in [2.24, 2.45) is 0 Å². The quantitative estimate of drug-likeness (QED) is 0.877. The molecule has 0 spiro atoms. The van der Waals surface area contributed by atoms with Gasteiger partial charge in [0, 0.05) is 11.3 Å². The third-order valence-electron chi connectivity index (χ3n) is 4.19. The Labute approximate surface area is 126 Å². The van der Waals surface area contributed by atoms with E-state index in [1.807, 2.05) is 24.3 Å². The molecule has 0 bridgehead atoms. The molecule has 2 aromatic rings. The van der Waals surface area contributed by atoms with E-state index < -0.39 is 0 Å². The number of benzene rings is 2. The van der Waals surface area contributed by atoms with Gasteiger partial charge in [0.15, 0.2) is 0 Å². The first-order valence-corrected chi connectivity index (χ1v) is 7.67. The smallest absolute Gasteiger partial charge is 0.255 e. The average Bonchev–Trinajstić information content (AvgIpc) is 2.94. The maximum Gasteiger partial charge on any atom is 0.255 e. The molecule has 2 aromatic carbocycles. The van der Waals surface area contributed by atoms with Gasteiger partial charge in [0.05, 0.1) is 0 Å². The summed E-state index contributed by atoms with van der Waals surface area (Å²) in [6, 6.07) is 14.1. The summed E-state index contributed by atoms with van der Waals surface area (Å²) in [6.07, 6.45) is 3.45. The van der Waals surface area contributed by atoms with Gasteiger partial charge < -0.3 is 5.32 Å². The molecule has 0 saturated carbocycles. The van der Waals surface area contributed by atoms with Crippen LogP contribution in [0.1, 0.15) is 53.2 Å². The molecule has 0 saturated heterocycles. The van der Waals surface area contributed by atoms with Gasteiger partial charge >= 0.3 is 0 Å². The van der Waals surface area contributed by atoms with Gasteiger partial charge in [-0.1, -0.05) is 38.1 Å². The van der Waals surface area contributed by atoms with E-state index in [1.165, 1.54) is 23.1 Å². The minimum atomic E-state index is -0.0159. The molecule has 0 radical (unpaired) electrons. The molecule has 2 heteroatoms. The third-order valence-corrected chi connectivity index (χ3v) is 4.19. The van der Waals surface area contributed by atoms with Crippen molar-refractivity contribution < 1.29 is 4.79 Å². The molecular weight excluding hydrogens is 258 g/mol. The van der Waals surface area contributed by atoms with E-state index in [0.29, 0.717) is 5.92 Å². The average molecular weight is 279 g/mol. The van der Waals surface area contributed by atoms with Crippen molar-refractivity contribution in [3.63, 3.8) is 0 Å². The summed E-state index contributed by atoms with van der Waals surface area (Å²) in [5, 5.41) is 3.06. The standard InChI is InChI=1S/C19H21NO/c1-13(2)17-8-3-4-9-18(17)20-19(21)16-11-10-14-6-5-7-15(14)12-16/h3-4,8-13H,5-7H2,1-2H3,(H,20,21). The van der Waals surface area contributed by atoms with E-state index in [2.05, 4.69) is 37.4 Å². The molecule has 1 aliphatic carbocycles. The summed E-state index contributed by atoms with van der Waals surface area (Å²) in [4.78, 5) is 12.5. The van der Waals surface area contributed by atoms with Gasteiger partial charge in [-0.25, -0.2) is 0 Å². The Hall–Kier alpha value is -2.09. The lowest BCUT2D eigenvalue weighted by molar-refractivity contribution is 0.102. The van der Waals surface area contributed by atoms with Crippen molar-refractivity contribution >= 4 is 11.6 Å². The highest BCUT2D eigenvalue weighted by Gasteiger charge is 2.15. The van der Waals surface area contributed by atoms with E-state index >= 15 is 0 Å². The lowest BCUT2D eigenvalue weighted by atomic mass is 10.0. The highest BCUT2D eigenvalue weighted by atomic mass is 16.1. The summed E-state index contributed by atoms with van der Waals surface area (Å²) in [7, 11) is 0. The number of anilines is 1. The fourth-order valence-corrected chi connectivity index (χ4v) is 3.02. The minimum Gasteiger partial charge on any atom is -0.322 e. The van der Waals surface area contributed by atoms with Crippen LogP contribution in [0.3, 0.4) is 0 Å². The Kier molecular flexibility index (Phi) is 3.78. The van der Waals surface area contributed by atoms with E-state index in [9.17, 15) is 4.79 Å². The molecule has 0 atom stereocenters. The zero-order valence-electron chi connectivity index (χ0n) is 12.6. The minimum absolute atomic E-state index is 0.0159. The molecule has 0 unspecified atom stereocenters. The maximum absolute atomic E-state index is 12.5. The fourth-order valence-electron chi connectivity index (χ4n) is 3.02. The summed E-state index contributed by atoms with van der Waals surface area (Å²) >= 11 is 0.